The van der Waals surface area contributed by atoms with Crippen LogP contribution in [-0.4, -0.2) is 80.8 Å². The number of carbonyl (C=O) groups excluding carboxylic acids is 4. The smallest absolute Gasteiger partial charge is 0.264 e. The fraction of sp³-hybridized carbons (Fsp3) is 0.615. The molecule has 0 aliphatic carbocycles. The average Bonchev–Trinajstić information content (AvgIpc) is 3.12. The topological polar surface area (TPSA) is 123 Å². The molecule has 4 amide bonds. The van der Waals surface area contributed by atoms with Gasteiger partial charge in [-0.15, -0.1) is 0 Å². The molecule has 0 bridgehead atoms. The van der Waals surface area contributed by atoms with E-state index in [2.05, 4.69) is 17.6 Å². The molecule has 0 spiro atoms. The van der Waals surface area contributed by atoms with Crippen LogP contribution in [0.1, 0.15) is 72.6 Å². The van der Waals surface area contributed by atoms with Crippen molar-refractivity contribution in [3.63, 3.8) is 0 Å². The summed E-state index contributed by atoms with van der Waals surface area (Å²) in [7, 11) is 0. The molecule has 2 heterocycles. The molecule has 1 atom stereocenters. The highest BCUT2D eigenvalue weighted by atomic mass is 16.5. The minimum absolute atomic E-state index is 0.0854. The maximum Gasteiger partial charge on any atom is 0.264 e. The van der Waals surface area contributed by atoms with E-state index in [1.165, 1.54) is 25.7 Å². The summed E-state index contributed by atoms with van der Waals surface area (Å²) in [6, 6.07) is 3.98. The van der Waals surface area contributed by atoms with E-state index >= 15 is 0 Å². The molecule has 10 nitrogen and oxygen atoms in total. The van der Waals surface area contributed by atoms with Crippen LogP contribution in [0, 0.1) is 0 Å². The lowest BCUT2D eigenvalue weighted by Crippen LogP contribution is -2.54. The molecule has 0 radical (unpaired) electrons. The number of nitrogens with one attached hydrogen (secondary N) is 2. The van der Waals surface area contributed by atoms with Gasteiger partial charge in [-0.3, -0.25) is 29.4 Å². The molecule has 2 aliphatic rings. The first-order chi connectivity index (χ1) is 17.5. The molecule has 1 aromatic carbocycles. The lowest BCUT2D eigenvalue weighted by molar-refractivity contribution is -0.136. The van der Waals surface area contributed by atoms with Crippen LogP contribution in [0.3, 0.4) is 0 Å². The van der Waals surface area contributed by atoms with Crippen molar-refractivity contribution in [1.82, 2.24) is 10.2 Å². The van der Waals surface area contributed by atoms with Gasteiger partial charge in [-0.05, 0) is 25.0 Å². The zero-order valence-corrected chi connectivity index (χ0v) is 21.0. The first kappa shape index (κ1) is 27.8. The van der Waals surface area contributed by atoms with Gasteiger partial charge in [0.2, 0.25) is 11.8 Å². The number of amides is 4. The molecule has 0 aromatic heterocycles. The van der Waals surface area contributed by atoms with Crippen LogP contribution >= 0.6 is 0 Å². The van der Waals surface area contributed by atoms with Gasteiger partial charge >= 0.3 is 0 Å². The van der Waals surface area contributed by atoms with Gasteiger partial charge < -0.3 is 19.5 Å². The number of fused-ring (bicyclic) bond motifs is 1. The minimum atomic E-state index is -0.984. The Morgan fingerprint density at radius 1 is 0.889 bits per heavy atom. The average molecular weight is 504 g/mol. The van der Waals surface area contributed by atoms with Crippen LogP contribution in [0.4, 0.5) is 5.69 Å². The molecule has 2 N–H and O–H groups in total. The van der Waals surface area contributed by atoms with E-state index in [0.29, 0.717) is 45.3 Å². The molecule has 3 rings (SSSR count). The molecule has 1 saturated heterocycles. The number of benzene rings is 1. The van der Waals surface area contributed by atoms with Crippen LogP contribution in [0.5, 0.6) is 0 Å². The van der Waals surface area contributed by atoms with Gasteiger partial charge in [-0.25, -0.2) is 0 Å². The highest BCUT2D eigenvalue weighted by molar-refractivity contribution is 6.25. The molecule has 1 aromatic rings. The van der Waals surface area contributed by atoms with E-state index in [1.807, 2.05) is 0 Å². The number of rotatable bonds is 17. The summed E-state index contributed by atoms with van der Waals surface area (Å²) in [4.78, 5) is 50.5. The minimum Gasteiger partial charge on any atom is -0.382 e. The summed E-state index contributed by atoms with van der Waals surface area (Å²) in [5, 5.41) is 5.34. The van der Waals surface area contributed by atoms with Crippen molar-refractivity contribution in [2.24, 2.45) is 0 Å². The first-order valence-corrected chi connectivity index (χ1v) is 12.9. The number of ether oxygens (including phenoxy) is 3. The largest absolute Gasteiger partial charge is 0.382 e. The molecule has 0 saturated carbocycles. The number of hydrogen-bond donors (Lipinski definition) is 2. The molecule has 36 heavy (non-hydrogen) atoms. The van der Waals surface area contributed by atoms with Crippen molar-refractivity contribution in [3.05, 3.63) is 29.3 Å². The van der Waals surface area contributed by atoms with Gasteiger partial charge in [0.25, 0.3) is 11.8 Å². The summed E-state index contributed by atoms with van der Waals surface area (Å²) in [5.41, 5.74) is 0.987. The van der Waals surface area contributed by atoms with E-state index < -0.39 is 29.7 Å². The zero-order chi connectivity index (χ0) is 25.8. The Balaban J connectivity index is 1.32. The third-order valence-corrected chi connectivity index (χ3v) is 6.17. The second kappa shape index (κ2) is 14.7. The van der Waals surface area contributed by atoms with Crippen molar-refractivity contribution < 1.29 is 33.4 Å². The van der Waals surface area contributed by atoms with Crippen LogP contribution < -0.4 is 10.6 Å². The number of hydrogen-bond acceptors (Lipinski definition) is 8. The zero-order valence-electron chi connectivity index (χ0n) is 21.0. The van der Waals surface area contributed by atoms with Crippen molar-refractivity contribution in [2.45, 2.75) is 57.9 Å². The predicted octanol–water partition coefficient (Wildman–Crippen LogP) is 2.52. The third kappa shape index (κ3) is 7.59. The Morgan fingerprint density at radius 2 is 1.58 bits per heavy atom. The highest BCUT2D eigenvalue weighted by Gasteiger charge is 2.45. The SMILES string of the molecule is CCCCCCCOCCOCCOCCNc1cccc2c1C(=O)N(C1CCC(=O)NC1=O)C2=O. The van der Waals surface area contributed by atoms with Gasteiger partial charge in [-0.2, -0.15) is 0 Å². The predicted molar refractivity (Wildman–Crippen MR) is 133 cm³/mol. The van der Waals surface area contributed by atoms with Gasteiger partial charge in [-0.1, -0.05) is 38.7 Å². The lowest BCUT2D eigenvalue weighted by atomic mass is 10.0. The Hall–Kier alpha value is -2.82. The number of carbonyl (C=O) groups is 4. The summed E-state index contributed by atoms with van der Waals surface area (Å²) in [6.45, 7) is 5.81. The summed E-state index contributed by atoms with van der Waals surface area (Å²) in [6.07, 6.45) is 6.31. The summed E-state index contributed by atoms with van der Waals surface area (Å²) in [5.74, 6) is -2.09. The molecule has 1 unspecified atom stereocenters. The second-order valence-corrected chi connectivity index (χ2v) is 8.85. The molecule has 198 valence electrons. The van der Waals surface area contributed by atoms with Crippen molar-refractivity contribution in [3.8, 4) is 0 Å². The van der Waals surface area contributed by atoms with Gasteiger partial charge in [0.05, 0.1) is 44.2 Å². The number of imide groups is 2. The number of anilines is 1. The quantitative estimate of drug-likeness (QED) is 0.246. The molecule has 1 fully saturated rings. The van der Waals surface area contributed by atoms with E-state index in [9.17, 15) is 19.2 Å². The van der Waals surface area contributed by atoms with Crippen LogP contribution in [-0.2, 0) is 23.8 Å². The summed E-state index contributed by atoms with van der Waals surface area (Å²) < 4.78 is 16.6. The third-order valence-electron chi connectivity index (χ3n) is 6.17. The Labute approximate surface area is 212 Å². The fourth-order valence-corrected chi connectivity index (χ4v) is 4.27. The standard InChI is InChI=1S/C26H37N3O7/c1-2-3-4-5-6-13-34-15-17-36-18-16-35-14-12-27-20-9-7-8-19-23(20)26(33)29(25(19)32)21-10-11-22(30)28-24(21)31/h7-9,21,27H,2-6,10-18H2,1H3,(H,28,30,31). The fourth-order valence-electron chi connectivity index (χ4n) is 4.27. The van der Waals surface area contributed by atoms with E-state index in [0.717, 1.165) is 17.9 Å². The van der Waals surface area contributed by atoms with Gasteiger partial charge in [0.1, 0.15) is 6.04 Å². The molecule has 2 aliphatic heterocycles. The van der Waals surface area contributed by atoms with E-state index in [4.69, 9.17) is 14.2 Å². The number of unbranched alkanes of at least 4 members (excludes halogenated alkanes) is 4. The van der Waals surface area contributed by atoms with Crippen LogP contribution in [0.15, 0.2) is 18.2 Å². The Kier molecular flexibility index (Phi) is 11.3. The molecular formula is C26H37N3O7. The van der Waals surface area contributed by atoms with E-state index in [1.54, 1.807) is 18.2 Å². The van der Waals surface area contributed by atoms with Crippen molar-refractivity contribution >= 4 is 29.3 Å². The first-order valence-electron chi connectivity index (χ1n) is 12.9. The highest BCUT2D eigenvalue weighted by Crippen LogP contribution is 2.32. The molecular weight excluding hydrogens is 466 g/mol. The van der Waals surface area contributed by atoms with Crippen LogP contribution in [0.25, 0.3) is 0 Å². The van der Waals surface area contributed by atoms with Gasteiger partial charge in [0.15, 0.2) is 0 Å². The van der Waals surface area contributed by atoms with E-state index in [-0.39, 0.29) is 24.0 Å². The van der Waals surface area contributed by atoms with Crippen molar-refractivity contribution in [1.29, 1.82) is 0 Å². The lowest BCUT2D eigenvalue weighted by Gasteiger charge is -2.27. The molecule has 10 heteroatoms. The number of nitrogens with zero attached hydrogens (tertiary/aromatic N) is 1. The van der Waals surface area contributed by atoms with Crippen LogP contribution in [0.2, 0.25) is 0 Å². The van der Waals surface area contributed by atoms with Gasteiger partial charge in [0, 0.05) is 25.3 Å². The second-order valence-electron chi connectivity index (χ2n) is 8.85. The van der Waals surface area contributed by atoms with Crippen molar-refractivity contribution in [2.75, 3.05) is 51.5 Å². The maximum absolute atomic E-state index is 13.1. The summed E-state index contributed by atoms with van der Waals surface area (Å²) >= 11 is 0. The Bertz CT molecular complexity index is 921. The monoisotopic (exact) mass is 503 g/mol. The Morgan fingerprint density at radius 3 is 2.31 bits per heavy atom. The maximum atomic E-state index is 13.1. The normalized spacial score (nSPS) is 17.5. The number of piperidine rings is 1.